The van der Waals surface area contributed by atoms with E-state index < -0.39 is 10.9 Å². The second kappa shape index (κ2) is 6.96. The molecule has 136 valence electrons. The first kappa shape index (κ1) is 17.6. The number of aromatic nitrogens is 2. The third kappa shape index (κ3) is 3.42. The molecule has 0 saturated carbocycles. The van der Waals surface area contributed by atoms with Crippen LogP contribution in [0.1, 0.15) is 21.9 Å². The van der Waals surface area contributed by atoms with Gasteiger partial charge in [-0.05, 0) is 26.1 Å². The number of ether oxygens (including phenoxy) is 1. The van der Waals surface area contributed by atoms with Crippen LogP contribution >= 0.6 is 0 Å². The number of furan rings is 1. The number of rotatable bonds is 6. The first-order valence-electron chi connectivity index (χ1n) is 7.85. The Morgan fingerprint density at radius 1 is 1.42 bits per heavy atom. The topological polar surface area (TPSA) is 104 Å². The molecule has 26 heavy (non-hydrogen) atoms. The fourth-order valence-corrected chi connectivity index (χ4v) is 2.76. The van der Waals surface area contributed by atoms with Crippen molar-refractivity contribution in [3.63, 3.8) is 0 Å². The van der Waals surface area contributed by atoms with Gasteiger partial charge in [0.15, 0.2) is 0 Å². The fourth-order valence-electron chi connectivity index (χ4n) is 2.76. The molecular formula is C17H18N4O5. The molecule has 0 bridgehead atoms. The van der Waals surface area contributed by atoms with Gasteiger partial charge in [0.25, 0.3) is 5.69 Å². The lowest BCUT2D eigenvalue weighted by Gasteiger charge is -2.15. The summed E-state index contributed by atoms with van der Waals surface area (Å²) in [5.74, 6) is 0.679. The molecule has 0 amide bonds. The maximum absolute atomic E-state index is 11.7. The summed E-state index contributed by atoms with van der Waals surface area (Å²) in [4.78, 5) is 24.1. The average Bonchev–Trinajstić information content (AvgIpc) is 3.17. The highest BCUT2D eigenvalue weighted by atomic mass is 16.6. The Morgan fingerprint density at radius 2 is 2.19 bits per heavy atom. The Labute approximate surface area is 148 Å². The zero-order valence-corrected chi connectivity index (χ0v) is 14.6. The molecule has 0 fully saturated rings. The molecule has 0 saturated heterocycles. The van der Waals surface area contributed by atoms with Crippen LogP contribution in [0.5, 0.6) is 0 Å². The van der Waals surface area contributed by atoms with E-state index in [2.05, 4.69) is 5.10 Å². The summed E-state index contributed by atoms with van der Waals surface area (Å²) in [6.07, 6.45) is 1.67. The number of hydrogen-bond donors (Lipinski definition) is 0. The van der Waals surface area contributed by atoms with Crippen LogP contribution in [0.4, 0.5) is 5.69 Å². The number of carbonyl (C=O) groups is 1. The third-order valence-corrected chi connectivity index (χ3v) is 4.01. The molecule has 0 aliphatic rings. The highest BCUT2D eigenvalue weighted by Crippen LogP contribution is 2.21. The second-order valence-electron chi connectivity index (χ2n) is 5.97. The van der Waals surface area contributed by atoms with E-state index in [9.17, 15) is 14.9 Å². The lowest BCUT2D eigenvalue weighted by Crippen LogP contribution is -2.22. The van der Waals surface area contributed by atoms with Crippen LogP contribution in [0.15, 0.2) is 34.9 Å². The Morgan fingerprint density at radius 3 is 2.88 bits per heavy atom. The highest BCUT2D eigenvalue weighted by molar-refractivity contribution is 5.90. The number of methoxy groups -OCH3 is 1. The van der Waals surface area contributed by atoms with E-state index in [1.165, 1.54) is 19.2 Å². The number of nitro benzene ring substituents is 1. The van der Waals surface area contributed by atoms with E-state index in [0.717, 1.165) is 5.39 Å². The summed E-state index contributed by atoms with van der Waals surface area (Å²) in [5.41, 5.74) is 1.10. The van der Waals surface area contributed by atoms with Gasteiger partial charge in [-0.25, -0.2) is 4.79 Å². The maximum Gasteiger partial charge on any atom is 0.341 e. The van der Waals surface area contributed by atoms with E-state index in [1.807, 2.05) is 11.9 Å². The van der Waals surface area contributed by atoms with Crippen molar-refractivity contribution in [1.82, 2.24) is 14.7 Å². The Kier molecular flexibility index (Phi) is 4.72. The number of esters is 1. The maximum atomic E-state index is 11.7. The van der Waals surface area contributed by atoms with Gasteiger partial charge in [0.1, 0.15) is 17.1 Å². The van der Waals surface area contributed by atoms with Crippen molar-refractivity contribution in [2.75, 3.05) is 14.2 Å². The van der Waals surface area contributed by atoms with Crippen molar-refractivity contribution in [2.24, 2.45) is 0 Å². The van der Waals surface area contributed by atoms with Crippen LogP contribution in [0.25, 0.3) is 10.9 Å². The van der Waals surface area contributed by atoms with Crippen molar-refractivity contribution in [2.45, 2.75) is 20.1 Å². The van der Waals surface area contributed by atoms with Crippen LogP contribution in [-0.4, -0.2) is 39.7 Å². The van der Waals surface area contributed by atoms with E-state index in [-0.39, 0.29) is 5.69 Å². The molecule has 2 aromatic heterocycles. The molecule has 9 heteroatoms. The second-order valence-corrected chi connectivity index (χ2v) is 5.97. The van der Waals surface area contributed by atoms with Gasteiger partial charge in [0.05, 0.1) is 37.0 Å². The molecule has 3 rings (SSSR count). The molecule has 0 N–H and O–H groups in total. The van der Waals surface area contributed by atoms with Crippen LogP contribution in [-0.2, 0) is 18.0 Å². The Balaban J connectivity index is 1.77. The van der Waals surface area contributed by atoms with Crippen LogP contribution < -0.4 is 0 Å². The van der Waals surface area contributed by atoms with Gasteiger partial charge in [0.2, 0.25) is 0 Å². The van der Waals surface area contributed by atoms with Gasteiger partial charge in [0, 0.05) is 17.5 Å². The number of non-ortho nitro benzene ring substituents is 1. The average molecular weight is 358 g/mol. The largest absolute Gasteiger partial charge is 0.465 e. The first-order chi connectivity index (χ1) is 12.4. The van der Waals surface area contributed by atoms with Gasteiger partial charge >= 0.3 is 5.97 Å². The molecule has 2 heterocycles. The van der Waals surface area contributed by atoms with Crippen molar-refractivity contribution in [3.05, 3.63) is 57.7 Å². The number of nitrogens with zero attached hydrogens (tertiary/aromatic N) is 4. The number of hydrogen-bond acceptors (Lipinski definition) is 7. The summed E-state index contributed by atoms with van der Waals surface area (Å²) >= 11 is 0. The predicted octanol–water partition coefficient (Wildman–Crippen LogP) is 2.72. The van der Waals surface area contributed by atoms with Crippen LogP contribution in [0.3, 0.4) is 0 Å². The monoisotopic (exact) mass is 358 g/mol. The number of benzene rings is 1. The smallest absolute Gasteiger partial charge is 0.341 e. The molecule has 0 radical (unpaired) electrons. The summed E-state index contributed by atoms with van der Waals surface area (Å²) < 4.78 is 12.0. The molecule has 0 atom stereocenters. The predicted molar refractivity (Wildman–Crippen MR) is 92.6 cm³/mol. The van der Waals surface area contributed by atoms with Gasteiger partial charge in [-0.3, -0.25) is 19.7 Å². The SMILES string of the molecule is COC(=O)c1cc(CN(C)Cn2ncc3ccc([N+](=O)[O-])cc32)oc1C. The minimum atomic E-state index is -0.439. The van der Waals surface area contributed by atoms with Crippen molar-refractivity contribution >= 4 is 22.6 Å². The zero-order valence-electron chi connectivity index (χ0n) is 14.6. The molecule has 3 aromatic rings. The highest BCUT2D eigenvalue weighted by Gasteiger charge is 2.17. The van der Waals surface area contributed by atoms with Gasteiger partial charge in [-0.2, -0.15) is 5.10 Å². The quantitative estimate of drug-likeness (QED) is 0.379. The molecule has 0 unspecified atom stereocenters. The van der Waals surface area contributed by atoms with Crippen molar-refractivity contribution in [3.8, 4) is 0 Å². The van der Waals surface area contributed by atoms with Crippen molar-refractivity contribution in [1.29, 1.82) is 0 Å². The third-order valence-electron chi connectivity index (χ3n) is 4.01. The van der Waals surface area contributed by atoms with E-state index in [1.54, 1.807) is 29.9 Å². The summed E-state index contributed by atoms with van der Waals surface area (Å²) in [6.45, 7) is 2.54. The molecule has 9 nitrogen and oxygen atoms in total. The lowest BCUT2D eigenvalue weighted by molar-refractivity contribution is -0.384. The standard InChI is InChI=1S/C17H18N4O5/c1-11-15(17(22)25-3)7-14(26-11)9-19(2)10-20-16-6-13(21(23)24)5-4-12(16)8-18-20/h4-8H,9-10H2,1-3H3. The van der Waals surface area contributed by atoms with Crippen LogP contribution in [0.2, 0.25) is 0 Å². The Hall–Kier alpha value is -3.20. The number of carbonyl (C=O) groups excluding carboxylic acids is 1. The normalized spacial score (nSPS) is 11.2. The molecule has 1 aromatic carbocycles. The summed E-state index contributed by atoms with van der Waals surface area (Å²) in [7, 11) is 3.18. The zero-order chi connectivity index (χ0) is 18.8. The minimum absolute atomic E-state index is 0.0197. The number of aryl methyl sites for hydroxylation is 1. The number of fused-ring (bicyclic) bond motifs is 1. The fraction of sp³-hybridized carbons (Fsp3) is 0.294. The molecule has 0 spiro atoms. The minimum Gasteiger partial charge on any atom is -0.465 e. The van der Waals surface area contributed by atoms with Crippen molar-refractivity contribution < 1.29 is 18.9 Å². The van der Waals surface area contributed by atoms with Crippen LogP contribution in [0, 0.1) is 17.0 Å². The van der Waals surface area contributed by atoms with Gasteiger partial charge in [-0.1, -0.05) is 0 Å². The Bertz CT molecular complexity index is 975. The lowest BCUT2D eigenvalue weighted by atomic mass is 10.2. The van der Waals surface area contributed by atoms with Gasteiger partial charge in [-0.15, -0.1) is 0 Å². The molecule has 0 aliphatic carbocycles. The summed E-state index contributed by atoms with van der Waals surface area (Å²) in [5, 5.41) is 16.1. The van der Waals surface area contributed by atoms with E-state index >= 15 is 0 Å². The first-order valence-corrected chi connectivity index (χ1v) is 7.85. The molecule has 0 aliphatic heterocycles. The number of nitro groups is 1. The summed E-state index contributed by atoms with van der Waals surface area (Å²) in [6, 6.07) is 6.29. The van der Waals surface area contributed by atoms with Gasteiger partial charge < -0.3 is 9.15 Å². The molecular weight excluding hydrogens is 340 g/mol. The van der Waals surface area contributed by atoms with E-state index in [4.69, 9.17) is 9.15 Å². The van der Waals surface area contributed by atoms with E-state index in [0.29, 0.717) is 35.8 Å².